The van der Waals surface area contributed by atoms with Crippen LogP contribution in [0.25, 0.3) is 0 Å². The molecular weight excluding hydrogens is 202 g/mol. The highest BCUT2D eigenvalue weighted by molar-refractivity contribution is 5.78. The van der Waals surface area contributed by atoms with Crippen LogP contribution in [0.15, 0.2) is 18.7 Å². The highest BCUT2D eigenvalue weighted by atomic mass is 16.1. The molecule has 1 aromatic heterocycles. The topological polar surface area (TPSA) is 38.1 Å². The zero-order chi connectivity index (χ0) is 11.4. The quantitative estimate of drug-likeness (QED) is 0.766. The van der Waals surface area contributed by atoms with Crippen LogP contribution in [0.3, 0.4) is 0 Å². The molecule has 4 heteroatoms. The first-order chi connectivity index (χ1) is 7.75. The van der Waals surface area contributed by atoms with Gasteiger partial charge in [0.15, 0.2) is 0 Å². The summed E-state index contributed by atoms with van der Waals surface area (Å²) < 4.78 is 2.08. The lowest BCUT2D eigenvalue weighted by atomic mass is 9.95. The van der Waals surface area contributed by atoms with Crippen LogP contribution in [0.5, 0.6) is 0 Å². The van der Waals surface area contributed by atoms with Crippen LogP contribution in [0.2, 0.25) is 0 Å². The summed E-state index contributed by atoms with van der Waals surface area (Å²) in [6.45, 7) is 5.75. The van der Waals surface area contributed by atoms with Gasteiger partial charge in [0.2, 0.25) is 0 Å². The first-order valence-corrected chi connectivity index (χ1v) is 5.94. The second kappa shape index (κ2) is 5.25. The van der Waals surface area contributed by atoms with Gasteiger partial charge in [-0.15, -0.1) is 0 Å². The van der Waals surface area contributed by atoms with E-state index in [1.165, 1.54) is 0 Å². The summed E-state index contributed by atoms with van der Waals surface area (Å²) >= 11 is 0. The number of hydrogen-bond donors (Lipinski definition) is 0. The average molecular weight is 221 g/mol. The molecule has 1 saturated heterocycles. The third-order valence-electron chi connectivity index (χ3n) is 3.31. The summed E-state index contributed by atoms with van der Waals surface area (Å²) in [5, 5.41) is 0. The Morgan fingerprint density at radius 3 is 3.06 bits per heavy atom. The lowest BCUT2D eigenvalue weighted by Gasteiger charge is -2.31. The minimum absolute atomic E-state index is 0.261. The molecular formula is C12H19N3O. The fraction of sp³-hybridized carbons (Fsp3) is 0.667. The maximum atomic E-state index is 11.3. The van der Waals surface area contributed by atoms with E-state index in [0.717, 1.165) is 39.0 Å². The van der Waals surface area contributed by atoms with Crippen molar-refractivity contribution in [1.82, 2.24) is 14.5 Å². The van der Waals surface area contributed by atoms with E-state index < -0.39 is 0 Å². The normalized spacial score (nSPS) is 22.2. The van der Waals surface area contributed by atoms with Crippen molar-refractivity contribution < 1.29 is 4.79 Å². The summed E-state index contributed by atoms with van der Waals surface area (Å²) in [5.41, 5.74) is 0. The molecule has 88 valence electrons. The van der Waals surface area contributed by atoms with Crippen molar-refractivity contribution in [1.29, 1.82) is 0 Å². The van der Waals surface area contributed by atoms with Crippen molar-refractivity contribution in [3.8, 4) is 0 Å². The van der Waals surface area contributed by atoms with Crippen molar-refractivity contribution in [3.05, 3.63) is 18.7 Å². The van der Waals surface area contributed by atoms with Gasteiger partial charge in [0.1, 0.15) is 5.78 Å². The zero-order valence-electron chi connectivity index (χ0n) is 9.80. The van der Waals surface area contributed by atoms with E-state index in [2.05, 4.69) is 14.5 Å². The molecule has 0 aliphatic carbocycles. The second-order valence-corrected chi connectivity index (χ2v) is 4.55. The molecule has 0 amide bonds. The molecule has 1 atom stereocenters. The first kappa shape index (κ1) is 11.3. The molecule has 0 spiro atoms. The van der Waals surface area contributed by atoms with E-state index in [-0.39, 0.29) is 5.92 Å². The number of nitrogens with zero attached hydrogens (tertiary/aromatic N) is 3. The van der Waals surface area contributed by atoms with Gasteiger partial charge in [0.05, 0.1) is 6.33 Å². The van der Waals surface area contributed by atoms with Gasteiger partial charge in [-0.1, -0.05) is 0 Å². The van der Waals surface area contributed by atoms with Crippen LogP contribution in [0, 0.1) is 5.92 Å². The number of likely N-dealkylation sites (tertiary alicyclic amines) is 1. The molecule has 2 heterocycles. The lowest BCUT2D eigenvalue weighted by molar-refractivity contribution is -0.122. The van der Waals surface area contributed by atoms with Crippen molar-refractivity contribution in [3.63, 3.8) is 0 Å². The van der Waals surface area contributed by atoms with E-state index in [1.54, 1.807) is 13.1 Å². The smallest absolute Gasteiger partial charge is 0.134 e. The van der Waals surface area contributed by atoms with E-state index in [0.29, 0.717) is 5.78 Å². The third-order valence-corrected chi connectivity index (χ3v) is 3.31. The first-order valence-electron chi connectivity index (χ1n) is 5.94. The average Bonchev–Trinajstić information content (AvgIpc) is 2.79. The Balaban J connectivity index is 1.79. The molecule has 0 aromatic carbocycles. The number of piperidine rings is 1. The summed E-state index contributed by atoms with van der Waals surface area (Å²) in [4.78, 5) is 17.7. The molecule has 1 fully saturated rings. The van der Waals surface area contributed by atoms with Crippen molar-refractivity contribution in [2.45, 2.75) is 26.3 Å². The van der Waals surface area contributed by atoms with Gasteiger partial charge in [-0.3, -0.25) is 4.79 Å². The van der Waals surface area contributed by atoms with Crippen molar-refractivity contribution in [2.75, 3.05) is 19.6 Å². The minimum atomic E-state index is 0.261. The van der Waals surface area contributed by atoms with Crippen molar-refractivity contribution in [2.24, 2.45) is 5.92 Å². The molecule has 16 heavy (non-hydrogen) atoms. The lowest BCUT2D eigenvalue weighted by Crippen LogP contribution is -2.39. The van der Waals surface area contributed by atoms with Crippen LogP contribution in [0.4, 0.5) is 0 Å². The predicted octanol–water partition coefficient (Wildman–Crippen LogP) is 1.18. The van der Waals surface area contributed by atoms with Gasteiger partial charge >= 0.3 is 0 Å². The summed E-state index contributed by atoms with van der Waals surface area (Å²) in [6.07, 6.45) is 7.83. The predicted molar refractivity (Wildman–Crippen MR) is 62.1 cm³/mol. The Bertz CT molecular complexity index is 334. The molecule has 1 aliphatic rings. The number of carbonyl (C=O) groups is 1. The molecule has 1 aromatic rings. The molecule has 1 aliphatic heterocycles. The second-order valence-electron chi connectivity index (χ2n) is 4.55. The molecule has 0 bridgehead atoms. The van der Waals surface area contributed by atoms with E-state index in [4.69, 9.17) is 0 Å². The third kappa shape index (κ3) is 2.92. The molecule has 0 radical (unpaired) electrons. The summed E-state index contributed by atoms with van der Waals surface area (Å²) in [7, 11) is 0. The zero-order valence-corrected chi connectivity index (χ0v) is 9.80. The standard InChI is InChI=1S/C12H19N3O/c1-11(16)12-3-2-5-14(9-12)7-8-15-6-4-13-10-15/h4,6,10,12H,2-3,5,7-9H2,1H3. The Morgan fingerprint density at radius 1 is 1.50 bits per heavy atom. The molecule has 0 N–H and O–H groups in total. The SMILES string of the molecule is CC(=O)C1CCCN(CCn2ccnc2)C1. The molecule has 0 saturated carbocycles. The number of rotatable bonds is 4. The van der Waals surface area contributed by atoms with Crippen LogP contribution in [-0.2, 0) is 11.3 Å². The van der Waals surface area contributed by atoms with Crippen LogP contribution >= 0.6 is 0 Å². The largest absolute Gasteiger partial charge is 0.336 e. The van der Waals surface area contributed by atoms with Gasteiger partial charge in [-0.05, 0) is 26.3 Å². The van der Waals surface area contributed by atoms with Crippen LogP contribution < -0.4 is 0 Å². The van der Waals surface area contributed by atoms with Gasteiger partial charge in [-0.2, -0.15) is 0 Å². The van der Waals surface area contributed by atoms with Crippen LogP contribution in [0.1, 0.15) is 19.8 Å². The number of Topliss-reactive ketones (excluding diaryl/α,β-unsaturated/α-hetero) is 1. The van der Waals surface area contributed by atoms with Gasteiger partial charge in [-0.25, -0.2) is 4.98 Å². The molecule has 1 unspecified atom stereocenters. The number of imidazole rings is 1. The Kier molecular flexibility index (Phi) is 3.72. The highest BCUT2D eigenvalue weighted by Gasteiger charge is 2.22. The number of aromatic nitrogens is 2. The van der Waals surface area contributed by atoms with Crippen molar-refractivity contribution >= 4 is 5.78 Å². The fourth-order valence-corrected chi connectivity index (χ4v) is 2.27. The maximum Gasteiger partial charge on any atom is 0.134 e. The summed E-state index contributed by atoms with van der Waals surface area (Å²) in [5.74, 6) is 0.601. The summed E-state index contributed by atoms with van der Waals surface area (Å²) in [6, 6.07) is 0. The highest BCUT2D eigenvalue weighted by Crippen LogP contribution is 2.16. The van der Waals surface area contributed by atoms with E-state index in [9.17, 15) is 4.79 Å². The van der Waals surface area contributed by atoms with E-state index in [1.807, 2.05) is 12.5 Å². The number of carbonyl (C=O) groups excluding carboxylic acids is 1. The van der Waals surface area contributed by atoms with E-state index >= 15 is 0 Å². The van der Waals surface area contributed by atoms with Crippen LogP contribution in [-0.4, -0.2) is 39.9 Å². The minimum Gasteiger partial charge on any atom is -0.336 e. The molecule has 2 rings (SSSR count). The number of hydrogen-bond acceptors (Lipinski definition) is 3. The van der Waals surface area contributed by atoms with Gasteiger partial charge in [0, 0.05) is 37.9 Å². The Labute approximate surface area is 96.3 Å². The Hall–Kier alpha value is -1.16. The van der Waals surface area contributed by atoms with Gasteiger partial charge < -0.3 is 9.47 Å². The fourth-order valence-electron chi connectivity index (χ4n) is 2.27. The Morgan fingerprint density at radius 2 is 2.38 bits per heavy atom. The maximum absolute atomic E-state index is 11.3. The van der Waals surface area contributed by atoms with Gasteiger partial charge in [0.25, 0.3) is 0 Å². The molecule has 4 nitrogen and oxygen atoms in total. The monoisotopic (exact) mass is 221 g/mol. The number of ketones is 1.